The van der Waals surface area contributed by atoms with Crippen molar-refractivity contribution in [1.82, 2.24) is 9.88 Å². The number of carboxylic acids is 1. The van der Waals surface area contributed by atoms with Crippen LogP contribution in [0.5, 0.6) is 0 Å². The summed E-state index contributed by atoms with van der Waals surface area (Å²) < 4.78 is 23.1. The molecule has 2 rings (SSSR count). The molecule has 0 aliphatic carbocycles. The van der Waals surface area contributed by atoms with Crippen molar-refractivity contribution < 1.29 is 23.1 Å². The summed E-state index contributed by atoms with van der Waals surface area (Å²) in [6.45, 7) is 0.0248. The second-order valence-corrected chi connectivity index (χ2v) is 7.35. The van der Waals surface area contributed by atoms with Crippen LogP contribution in [-0.2, 0) is 14.6 Å². The number of rotatable bonds is 3. The fourth-order valence-corrected chi connectivity index (χ4v) is 4.09. The highest BCUT2D eigenvalue weighted by Crippen LogP contribution is 2.19. The molecule has 0 aromatic carbocycles. The van der Waals surface area contributed by atoms with E-state index in [0.29, 0.717) is 4.88 Å². The number of amides is 1. The van der Waals surface area contributed by atoms with Crippen molar-refractivity contribution >= 4 is 33.1 Å². The lowest BCUT2D eigenvalue weighted by Gasteiger charge is -2.34. The van der Waals surface area contributed by atoms with Gasteiger partial charge in [0.15, 0.2) is 9.84 Å². The first kappa shape index (κ1) is 13.9. The van der Waals surface area contributed by atoms with E-state index in [-0.39, 0.29) is 30.4 Å². The molecule has 0 saturated carbocycles. The van der Waals surface area contributed by atoms with Gasteiger partial charge in [-0.3, -0.25) is 14.6 Å². The van der Waals surface area contributed by atoms with Crippen molar-refractivity contribution in [3.05, 3.63) is 16.6 Å². The van der Waals surface area contributed by atoms with E-state index in [4.69, 9.17) is 5.11 Å². The molecule has 104 valence electrons. The van der Waals surface area contributed by atoms with Gasteiger partial charge in [0, 0.05) is 6.54 Å². The summed E-state index contributed by atoms with van der Waals surface area (Å²) in [5.74, 6) is -1.91. The molecule has 0 bridgehead atoms. The molecule has 1 N–H and O–H groups in total. The SMILES string of the molecule is O=C(O)CC1CS(=O)(=O)CCN1C(=O)c1cncs1. The number of hydrogen-bond donors (Lipinski definition) is 1. The zero-order chi connectivity index (χ0) is 14.0. The maximum absolute atomic E-state index is 12.2. The molecule has 1 aliphatic heterocycles. The van der Waals surface area contributed by atoms with Gasteiger partial charge in [0.05, 0.1) is 35.7 Å². The first-order chi connectivity index (χ1) is 8.89. The van der Waals surface area contributed by atoms with Crippen LogP contribution in [-0.4, -0.2) is 59.4 Å². The van der Waals surface area contributed by atoms with Crippen molar-refractivity contribution in [2.45, 2.75) is 12.5 Å². The Balaban J connectivity index is 2.22. The van der Waals surface area contributed by atoms with Gasteiger partial charge >= 0.3 is 5.97 Å². The third kappa shape index (κ3) is 3.29. The largest absolute Gasteiger partial charge is 0.481 e. The van der Waals surface area contributed by atoms with E-state index in [2.05, 4.69) is 4.98 Å². The molecule has 1 fully saturated rings. The molecule has 19 heavy (non-hydrogen) atoms. The fraction of sp³-hybridized carbons (Fsp3) is 0.500. The normalized spacial score (nSPS) is 22.1. The standard InChI is InChI=1S/C10H12N2O5S2/c13-9(14)3-7-5-19(16,17)2-1-12(7)10(15)8-4-11-6-18-8/h4,6-7H,1-3,5H2,(H,13,14). The number of aromatic nitrogens is 1. The summed E-state index contributed by atoms with van der Waals surface area (Å²) in [5.41, 5.74) is 1.50. The van der Waals surface area contributed by atoms with Crippen LogP contribution >= 0.6 is 11.3 Å². The lowest BCUT2D eigenvalue weighted by Crippen LogP contribution is -2.51. The second kappa shape index (κ2) is 5.25. The van der Waals surface area contributed by atoms with E-state index in [0.717, 1.165) is 11.3 Å². The summed E-state index contributed by atoms with van der Waals surface area (Å²) in [6, 6.07) is -0.814. The van der Waals surface area contributed by atoms with Crippen LogP contribution in [0.4, 0.5) is 0 Å². The number of carbonyl (C=O) groups excluding carboxylic acids is 1. The van der Waals surface area contributed by atoms with Crippen molar-refractivity contribution in [1.29, 1.82) is 0 Å². The number of thiazole rings is 1. The van der Waals surface area contributed by atoms with Crippen LogP contribution in [0.25, 0.3) is 0 Å². The summed E-state index contributed by atoms with van der Waals surface area (Å²) in [6.07, 6.45) is 1.03. The van der Waals surface area contributed by atoms with Gasteiger partial charge in [-0.15, -0.1) is 11.3 Å². The Bertz CT molecular complexity index is 581. The zero-order valence-corrected chi connectivity index (χ0v) is 11.5. The maximum atomic E-state index is 12.2. The Morgan fingerprint density at radius 1 is 1.53 bits per heavy atom. The highest BCUT2D eigenvalue weighted by Gasteiger charge is 2.36. The van der Waals surface area contributed by atoms with Crippen LogP contribution in [0.15, 0.2) is 11.7 Å². The van der Waals surface area contributed by atoms with Crippen molar-refractivity contribution in [3.63, 3.8) is 0 Å². The Labute approximate surface area is 113 Å². The van der Waals surface area contributed by atoms with Crippen molar-refractivity contribution in [2.75, 3.05) is 18.1 Å². The summed E-state index contributed by atoms with van der Waals surface area (Å²) in [7, 11) is -3.28. The molecule has 2 heterocycles. The molecule has 1 aliphatic rings. The number of aliphatic carboxylic acids is 1. The lowest BCUT2D eigenvalue weighted by molar-refractivity contribution is -0.138. The average Bonchev–Trinajstić information content (AvgIpc) is 2.79. The predicted molar refractivity (Wildman–Crippen MR) is 67.8 cm³/mol. The van der Waals surface area contributed by atoms with Gasteiger partial charge in [-0.25, -0.2) is 8.42 Å². The van der Waals surface area contributed by atoms with Crippen LogP contribution in [0.2, 0.25) is 0 Å². The molecular formula is C10H12N2O5S2. The number of nitrogens with zero attached hydrogens (tertiary/aromatic N) is 2. The molecule has 1 unspecified atom stereocenters. The van der Waals surface area contributed by atoms with E-state index in [1.165, 1.54) is 16.6 Å². The molecule has 1 aromatic rings. The first-order valence-corrected chi connectivity index (χ1v) is 8.21. The van der Waals surface area contributed by atoms with Crippen LogP contribution < -0.4 is 0 Å². The molecule has 1 amide bonds. The number of carboxylic acid groups (broad SMARTS) is 1. The van der Waals surface area contributed by atoms with E-state index < -0.39 is 21.8 Å². The topological polar surface area (TPSA) is 105 Å². The predicted octanol–water partition coefficient (Wildman–Crippen LogP) is -0.143. The van der Waals surface area contributed by atoms with Gasteiger partial charge in [0.25, 0.3) is 5.91 Å². The highest BCUT2D eigenvalue weighted by atomic mass is 32.2. The Kier molecular flexibility index (Phi) is 3.85. The zero-order valence-electron chi connectivity index (χ0n) is 9.85. The second-order valence-electron chi connectivity index (χ2n) is 4.23. The summed E-state index contributed by atoms with van der Waals surface area (Å²) in [4.78, 5) is 28.5. The van der Waals surface area contributed by atoms with Gasteiger partial charge in [-0.05, 0) is 0 Å². The van der Waals surface area contributed by atoms with E-state index in [1.807, 2.05) is 0 Å². The average molecular weight is 304 g/mol. The van der Waals surface area contributed by atoms with E-state index in [9.17, 15) is 18.0 Å². The molecule has 0 spiro atoms. The first-order valence-electron chi connectivity index (χ1n) is 5.51. The van der Waals surface area contributed by atoms with E-state index >= 15 is 0 Å². The minimum atomic E-state index is -3.28. The molecule has 1 aromatic heterocycles. The molecular weight excluding hydrogens is 292 g/mol. The van der Waals surface area contributed by atoms with E-state index in [1.54, 1.807) is 0 Å². The fourth-order valence-electron chi connectivity index (χ4n) is 1.99. The Hall–Kier alpha value is -1.48. The highest BCUT2D eigenvalue weighted by molar-refractivity contribution is 7.91. The van der Waals surface area contributed by atoms with Crippen molar-refractivity contribution in [2.24, 2.45) is 0 Å². The van der Waals surface area contributed by atoms with Crippen LogP contribution in [0, 0.1) is 0 Å². The summed E-state index contributed by atoms with van der Waals surface area (Å²) >= 11 is 1.15. The molecule has 1 saturated heterocycles. The number of sulfone groups is 1. The quantitative estimate of drug-likeness (QED) is 0.833. The monoisotopic (exact) mass is 304 g/mol. The Morgan fingerprint density at radius 3 is 2.84 bits per heavy atom. The van der Waals surface area contributed by atoms with Gasteiger partial charge in [-0.1, -0.05) is 0 Å². The third-order valence-electron chi connectivity index (χ3n) is 2.84. The molecule has 7 nitrogen and oxygen atoms in total. The third-order valence-corrected chi connectivity index (χ3v) is 5.30. The maximum Gasteiger partial charge on any atom is 0.305 e. The minimum Gasteiger partial charge on any atom is -0.481 e. The van der Waals surface area contributed by atoms with Gasteiger partial charge in [-0.2, -0.15) is 0 Å². The molecule has 9 heteroatoms. The van der Waals surface area contributed by atoms with Crippen molar-refractivity contribution in [3.8, 4) is 0 Å². The number of carbonyl (C=O) groups is 2. The van der Waals surface area contributed by atoms with Gasteiger partial charge in [0.1, 0.15) is 4.88 Å². The smallest absolute Gasteiger partial charge is 0.305 e. The molecule has 1 atom stereocenters. The minimum absolute atomic E-state index is 0.0248. The van der Waals surface area contributed by atoms with Crippen LogP contribution in [0.3, 0.4) is 0 Å². The lowest BCUT2D eigenvalue weighted by atomic mass is 10.2. The number of hydrogen-bond acceptors (Lipinski definition) is 6. The van der Waals surface area contributed by atoms with Crippen LogP contribution in [0.1, 0.15) is 16.1 Å². The summed E-state index contributed by atoms with van der Waals surface area (Å²) in [5, 5.41) is 8.82. The Morgan fingerprint density at radius 2 is 2.26 bits per heavy atom. The van der Waals surface area contributed by atoms with Gasteiger partial charge in [0.2, 0.25) is 0 Å². The molecule has 0 radical (unpaired) electrons. The van der Waals surface area contributed by atoms with Gasteiger partial charge < -0.3 is 10.0 Å².